The maximum Gasteiger partial charge on any atom is 0.303 e. The minimum atomic E-state index is -0.805. The topological polar surface area (TPSA) is 55.8 Å². The second-order valence-electron chi connectivity index (χ2n) is 3.54. The van der Waals surface area contributed by atoms with Gasteiger partial charge in [0.05, 0.1) is 13.2 Å². The Morgan fingerprint density at radius 3 is 2.75 bits per heavy atom. The van der Waals surface area contributed by atoms with Crippen LogP contribution in [0.25, 0.3) is 0 Å². The first kappa shape index (κ1) is 12.4. The molecule has 0 aliphatic carbocycles. The fourth-order valence-electron chi connectivity index (χ4n) is 1.29. The second kappa shape index (κ2) is 6.00. The second-order valence-corrected chi connectivity index (χ2v) is 3.54. The third-order valence-electron chi connectivity index (χ3n) is 2.14. The Kier molecular flexibility index (Phi) is 4.64. The van der Waals surface area contributed by atoms with Gasteiger partial charge in [-0.1, -0.05) is 6.07 Å². The molecule has 0 heterocycles. The number of hydrogen-bond acceptors (Lipinski definition) is 3. The molecule has 16 heavy (non-hydrogen) atoms. The molecule has 88 valence electrons. The van der Waals surface area contributed by atoms with Crippen LogP contribution in [-0.4, -0.2) is 24.3 Å². The first-order valence-electron chi connectivity index (χ1n) is 5.14. The minimum Gasteiger partial charge on any atom is -0.497 e. The van der Waals surface area contributed by atoms with Gasteiger partial charge >= 0.3 is 5.97 Å². The van der Waals surface area contributed by atoms with E-state index >= 15 is 0 Å². The molecule has 0 amide bonds. The Morgan fingerprint density at radius 2 is 2.12 bits per heavy atom. The van der Waals surface area contributed by atoms with Crippen molar-refractivity contribution in [3.63, 3.8) is 0 Å². The number of carbonyl (C=O) groups is 1. The van der Waals surface area contributed by atoms with Crippen molar-refractivity contribution in [3.05, 3.63) is 24.3 Å². The van der Waals surface area contributed by atoms with E-state index in [4.69, 9.17) is 14.6 Å². The van der Waals surface area contributed by atoms with Crippen LogP contribution < -0.4 is 9.47 Å². The molecule has 0 saturated carbocycles. The van der Waals surface area contributed by atoms with E-state index in [1.807, 2.05) is 25.1 Å². The van der Waals surface area contributed by atoms with E-state index < -0.39 is 5.97 Å². The normalized spacial score (nSPS) is 11.9. The van der Waals surface area contributed by atoms with E-state index in [1.54, 1.807) is 13.2 Å². The molecule has 0 radical (unpaired) electrons. The summed E-state index contributed by atoms with van der Waals surface area (Å²) < 4.78 is 10.6. The maximum atomic E-state index is 10.4. The monoisotopic (exact) mass is 224 g/mol. The van der Waals surface area contributed by atoms with Crippen LogP contribution in [-0.2, 0) is 4.79 Å². The minimum absolute atomic E-state index is 0.116. The Balaban J connectivity index is 2.48. The summed E-state index contributed by atoms with van der Waals surface area (Å²) in [6.07, 6.45) is 0.487. The molecule has 4 nitrogen and oxygen atoms in total. The van der Waals surface area contributed by atoms with Crippen molar-refractivity contribution in [1.29, 1.82) is 0 Å². The molecule has 0 aliphatic heterocycles. The van der Waals surface area contributed by atoms with Gasteiger partial charge in [0.1, 0.15) is 11.5 Å². The number of benzene rings is 1. The molecule has 0 aromatic heterocycles. The SMILES string of the molecule is COc1cccc(OC(C)CCC(=O)O)c1. The lowest BCUT2D eigenvalue weighted by Crippen LogP contribution is -2.13. The van der Waals surface area contributed by atoms with Gasteiger partial charge in [0, 0.05) is 12.5 Å². The van der Waals surface area contributed by atoms with Crippen LogP contribution >= 0.6 is 0 Å². The first-order valence-corrected chi connectivity index (χ1v) is 5.14. The van der Waals surface area contributed by atoms with Crippen molar-refractivity contribution in [2.75, 3.05) is 7.11 Å². The van der Waals surface area contributed by atoms with E-state index in [0.717, 1.165) is 5.75 Å². The Morgan fingerprint density at radius 1 is 1.44 bits per heavy atom. The van der Waals surface area contributed by atoms with Crippen LogP contribution in [0.1, 0.15) is 19.8 Å². The molecule has 0 bridgehead atoms. The molecule has 0 spiro atoms. The Bertz CT molecular complexity index is 349. The summed E-state index contributed by atoms with van der Waals surface area (Å²) in [4.78, 5) is 10.4. The number of ether oxygens (including phenoxy) is 2. The van der Waals surface area contributed by atoms with Gasteiger partial charge in [-0.05, 0) is 25.5 Å². The molecule has 1 aromatic carbocycles. The summed E-state index contributed by atoms with van der Waals surface area (Å²) in [5.41, 5.74) is 0. The number of methoxy groups -OCH3 is 1. The van der Waals surface area contributed by atoms with Crippen LogP contribution in [0, 0.1) is 0 Å². The standard InChI is InChI=1S/C12H16O4/c1-9(6-7-12(13)14)16-11-5-3-4-10(8-11)15-2/h3-5,8-9H,6-7H2,1-2H3,(H,13,14). The average Bonchev–Trinajstić information content (AvgIpc) is 2.26. The van der Waals surface area contributed by atoms with Gasteiger partial charge in [-0.3, -0.25) is 4.79 Å². The van der Waals surface area contributed by atoms with Crippen LogP contribution in [0.2, 0.25) is 0 Å². The van der Waals surface area contributed by atoms with Crippen molar-refractivity contribution >= 4 is 5.97 Å². The lowest BCUT2D eigenvalue weighted by atomic mass is 10.2. The fraction of sp³-hybridized carbons (Fsp3) is 0.417. The van der Waals surface area contributed by atoms with Gasteiger partial charge in [-0.2, -0.15) is 0 Å². The van der Waals surface area contributed by atoms with Gasteiger partial charge < -0.3 is 14.6 Å². The molecule has 1 N–H and O–H groups in total. The third kappa shape index (κ3) is 4.21. The molecule has 1 rings (SSSR count). The molecule has 0 fully saturated rings. The first-order chi connectivity index (χ1) is 7.61. The third-order valence-corrected chi connectivity index (χ3v) is 2.14. The smallest absolute Gasteiger partial charge is 0.303 e. The summed E-state index contributed by atoms with van der Waals surface area (Å²) in [5.74, 6) is 0.612. The van der Waals surface area contributed by atoms with Gasteiger partial charge in [-0.25, -0.2) is 0 Å². The molecule has 0 saturated heterocycles. The van der Waals surface area contributed by atoms with E-state index in [0.29, 0.717) is 12.2 Å². The number of rotatable bonds is 6. The quantitative estimate of drug-likeness (QED) is 0.805. The molecular formula is C12H16O4. The van der Waals surface area contributed by atoms with Crippen LogP contribution in [0.15, 0.2) is 24.3 Å². The Hall–Kier alpha value is -1.71. The number of carboxylic acids is 1. The molecule has 1 atom stereocenters. The summed E-state index contributed by atoms with van der Waals surface area (Å²) in [6.45, 7) is 1.85. The van der Waals surface area contributed by atoms with Crippen LogP contribution in [0.5, 0.6) is 11.5 Å². The number of carboxylic acid groups (broad SMARTS) is 1. The van der Waals surface area contributed by atoms with Crippen molar-refractivity contribution in [2.45, 2.75) is 25.9 Å². The highest BCUT2D eigenvalue weighted by Crippen LogP contribution is 2.20. The van der Waals surface area contributed by atoms with Crippen molar-refractivity contribution in [3.8, 4) is 11.5 Å². The molecule has 4 heteroatoms. The predicted molar refractivity (Wildman–Crippen MR) is 60.0 cm³/mol. The van der Waals surface area contributed by atoms with Crippen LogP contribution in [0.4, 0.5) is 0 Å². The summed E-state index contributed by atoms with van der Waals surface area (Å²) in [6, 6.07) is 7.25. The van der Waals surface area contributed by atoms with Gasteiger partial charge in [-0.15, -0.1) is 0 Å². The molecular weight excluding hydrogens is 208 g/mol. The van der Waals surface area contributed by atoms with Crippen LogP contribution in [0.3, 0.4) is 0 Å². The summed E-state index contributed by atoms with van der Waals surface area (Å²) in [5, 5.41) is 8.54. The van der Waals surface area contributed by atoms with Crippen molar-refractivity contribution in [1.82, 2.24) is 0 Å². The number of aliphatic carboxylic acids is 1. The van der Waals surface area contributed by atoms with Gasteiger partial charge in [0.25, 0.3) is 0 Å². The highest BCUT2D eigenvalue weighted by atomic mass is 16.5. The maximum absolute atomic E-state index is 10.4. The van der Waals surface area contributed by atoms with E-state index in [1.165, 1.54) is 0 Å². The fourth-order valence-corrected chi connectivity index (χ4v) is 1.29. The lowest BCUT2D eigenvalue weighted by molar-refractivity contribution is -0.137. The Labute approximate surface area is 94.8 Å². The average molecular weight is 224 g/mol. The van der Waals surface area contributed by atoms with Gasteiger partial charge in [0.15, 0.2) is 0 Å². The largest absolute Gasteiger partial charge is 0.497 e. The number of hydrogen-bond donors (Lipinski definition) is 1. The van der Waals surface area contributed by atoms with E-state index in [-0.39, 0.29) is 12.5 Å². The molecule has 1 aromatic rings. The molecule has 0 aliphatic rings. The zero-order chi connectivity index (χ0) is 12.0. The molecule has 1 unspecified atom stereocenters. The zero-order valence-electron chi connectivity index (χ0n) is 9.47. The van der Waals surface area contributed by atoms with Crippen molar-refractivity contribution < 1.29 is 19.4 Å². The summed E-state index contributed by atoms with van der Waals surface area (Å²) in [7, 11) is 1.59. The highest BCUT2D eigenvalue weighted by molar-refractivity contribution is 5.66. The highest BCUT2D eigenvalue weighted by Gasteiger charge is 2.07. The predicted octanol–water partition coefficient (Wildman–Crippen LogP) is 2.33. The van der Waals surface area contributed by atoms with E-state index in [2.05, 4.69) is 0 Å². The van der Waals surface area contributed by atoms with Crippen molar-refractivity contribution in [2.24, 2.45) is 0 Å². The lowest BCUT2D eigenvalue weighted by Gasteiger charge is -2.14. The zero-order valence-corrected chi connectivity index (χ0v) is 9.47. The van der Waals surface area contributed by atoms with E-state index in [9.17, 15) is 4.79 Å². The summed E-state index contributed by atoms with van der Waals surface area (Å²) >= 11 is 0. The van der Waals surface area contributed by atoms with Gasteiger partial charge in [0.2, 0.25) is 0 Å².